The van der Waals surface area contributed by atoms with E-state index >= 15 is 0 Å². The van der Waals surface area contributed by atoms with Crippen LogP contribution in [0.25, 0.3) is 0 Å². The van der Waals surface area contributed by atoms with Crippen molar-refractivity contribution in [3.63, 3.8) is 0 Å². The van der Waals surface area contributed by atoms with Crippen molar-refractivity contribution >= 4 is 13.8 Å². The summed E-state index contributed by atoms with van der Waals surface area (Å²) in [7, 11) is 1.33. The van der Waals surface area contributed by atoms with Gasteiger partial charge >= 0.3 is 5.97 Å². The molecule has 0 spiro atoms. The molecule has 0 radical (unpaired) electrons. The highest BCUT2D eigenvalue weighted by Gasteiger charge is 2.20. The Bertz CT molecular complexity index is 1140. The van der Waals surface area contributed by atoms with Crippen LogP contribution in [0.1, 0.15) is 168 Å². The van der Waals surface area contributed by atoms with Gasteiger partial charge in [-0.1, -0.05) is 151 Å². The number of esters is 1. The van der Waals surface area contributed by atoms with Crippen LogP contribution in [0.2, 0.25) is 0 Å². The SMILES string of the molecule is CC/C=C\C/C=C\C/C=C\C/C=C\CCCCCCCOCC(COP(=O)([O-])OCC[N+](C)(C)C)OC(=O)CCCCCCCCC/C=C\C/C=C\CCCCC. The lowest BCUT2D eigenvalue weighted by molar-refractivity contribution is -0.870. The van der Waals surface area contributed by atoms with Crippen molar-refractivity contribution in [1.82, 2.24) is 0 Å². The van der Waals surface area contributed by atoms with Gasteiger partial charge in [-0.3, -0.25) is 9.36 Å². The zero-order valence-electron chi connectivity index (χ0n) is 37.3. The van der Waals surface area contributed by atoms with E-state index in [-0.39, 0.29) is 25.8 Å². The first kappa shape index (κ1) is 54.9. The molecule has 0 bridgehead atoms. The van der Waals surface area contributed by atoms with Crippen LogP contribution in [-0.2, 0) is 27.9 Å². The predicted molar refractivity (Wildman–Crippen MR) is 240 cm³/mol. The molecule has 0 aromatic rings. The second-order valence-corrected chi connectivity index (χ2v) is 17.4. The summed E-state index contributed by atoms with van der Waals surface area (Å²) in [5, 5.41) is 0. The summed E-state index contributed by atoms with van der Waals surface area (Å²) < 4.78 is 34.6. The summed E-state index contributed by atoms with van der Waals surface area (Å²) in [5.41, 5.74) is 0. The number of allylic oxidation sites excluding steroid dienone is 12. The van der Waals surface area contributed by atoms with Crippen LogP contribution in [0.5, 0.6) is 0 Å². The quantitative estimate of drug-likeness (QED) is 0.0199. The molecule has 0 saturated carbocycles. The van der Waals surface area contributed by atoms with E-state index in [0.717, 1.165) is 83.5 Å². The molecule has 0 heterocycles. The van der Waals surface area contributed by atoms with Crippen LogP contribution in [0.4, 0.5) is 0 Å². The lowest BCUT2D eigenvalue weighted by atomic mass is 10.1. The number of rotatable bonds is 41. The van der Waals surface area contributed by atoms with E-state index in [1.807, 2.05) is 21.1 Å². The number of nitrogens with zero attached hydrogens (tertiary/aromatic N) is 1. The standard InChI is InChI=1S/C48H86NO7P/c1-6-8-10-12-14-16-18-20-22-24-26-28-30-32-34-36-38-40-43-53-45-47(46-55-57(51,52)54-44-42-49(3,4)5)56-48(50)41-39-37-35-33-31-29-27-25-23-21-19-17-15-13-11-9-7-2/h8,10,14-17,20-23,26,28,47H,6-7,9,11-13,18-19,24-25,27,29-46H2,1-5H3/b10-8-,16-14-,17-15-,22-20-,23-21-,28-26-. The predicted octanol–water partition coefficient (Wildman–Crippen LogP) is 12.9. The van der Waals surface area contributed by atoms with Gasteiger partial charge in [0.25, 0.3) is 7.82 Å². The molecule has 8 nitrogen and oxygen atoms in total. The highest BCUT2D eigenvalue weighted by molar-refractivity contribution is 7.45. The number of hydrogen-bond acceptors (Lipinski definition) is 7. The Balaban J connectivity index is 4.29. The topological polar surface area (TPSA) is 94.1 Å². The third-order valence-electron chi connectivity index (χ3n) is 9.24. The first-order valence-electron chi connectivity index (χ1n) is 22.7. The number of carbonyl (C=O) groups is 1. The Hall–Kier alpha value is -2.06. The Labute approximate surface area is 351 Å². The number of ether oxygens (including phenoxy) is 2. The van der Waals surface area contributed by atoms with Gasteiger partial charge in [0.2, 0.25) is 0 Å². The Morgan fingerprint density at radius 3 is 1.53 bits per heavy atom. The maximum absolute atomic E-state index is 12.7. The maximum Gasteiger partial charge on any atom is 0.306 e. The first-order valence-corrected chi connectivity index (χ1v) is 24.1. The summed E-state index contributed by atoms with van der Waals surface area (Å²) in [6, 6.07) is 0. The van der Waals surface area contributed by atoms with E-state index < -0.39 is 13.9 Å². The van der Waals surface area contributed by atoms with Gasteiger partial charge in [-0.05, 0) is 83.5 Å². The lowest BCUT2D eigenvalue weighted by Crippen LogP contribution is -2.37. The maximum atomic E-state index is 12.7. The normalized spacial score (nSPS) is 14.4. The Morgan fingerprint density at radius 1 is 0.561 bits per heavy atom. The number of likely N-dealkylation sites (N-methyl/N-ethyl adjacent to an activating group) is 1. The number of hydrogen-bond donors (Lipinski definition) is 0. The summed E-state index contributed by atoms with van der Waals surface area (Å²) >= 11 is 0. The molecule has 0 aliphatic carbocycles. The van der Waals surface area contributed by atoms with Crippen molar-refractivity contribution in [2.45, 2.75) is 174 Å². The Kier molecular flexibility index (Phi) is 39.2. The molecule has 330 valence electrons. The molecule has 2 atom stereocenters. The first-order chi connectivity index (χ1) is 27.6. The number of carbonyl (C=O) groups excluding carboxylic acids is 1. The second-order valence-electron chi connectivity index (χ2n) is 16.0. The average molecular weight is 820 g/mol. The molecule has 0 aromatic heterocycles. The molecular weight excluding hydrogens is 734 g/mol. The van der Waals surface area contributed by atoms with E-state index in [1.54, 1.807) is 0 Å². The minimum absolute atomic E-state index is 0.0167. The largest absolute Gasteiger partial charge is 0.756 e. The molecular formula is C48H86NO7P. The summed E-state index contributed by atoms with van der Waals surface area (Å²) in [6.07, 6.45) is 52.0. The molecule has 9 heteroatoms. The van der Waals surface area contributed by atoms with Crippen molar-refractivity contribution in [3.8, 4) is 0 Å². The van der Waals surface area contributed by atoms with Gasteiger partial charge in [0.15, 0.2) is 0 Å². The monoisotopic (exact) mass is 820 g/mol. The van der Waals surface area contributed by atoms with Crippen LogP contribution in [0.15, 0.2) is 72.9 Å². The minimum atomic E-state index is -4.54. The van der Waals surface area contributed by atoms with E-state index in [0.29, 0.717) is 24.1 Å². The summed E-state index contributed by atoms with van der Waals surface area (Å²) in [4.78, 5) is 25.1. The van der Waals surface area contributed by atoms with Crippen molar-refractivity contribution in [1.29, 1.82) is 0 Å². The fraction of sp³-hybridized carbons (Fsp3) is 0.729. The smallest absolute Gasteiger partial charge is 0.306 e. The van der Waals surface area contributed by atoms with Gasteiger partial charge in [0.1, 0.15) is 19.3 Å². The average Bonchev–Trinajstić information content (AvgIpc) is 3.16. The van der Waals surface area contributed by atoms with Crippen LogP contribution >= 0.6 is 7.82 Å². The van der Waals surface area contributed by atoms with Gasteiger partial charge in [-0.25, -0.2) is 0 Å². The molecule has 0 fully saturated rings. The van der Waals surface area contributed by atoms with Gasteiger partial charge in [-0.15, -0.1) is 0 Å². The fourth-order valence-corrected chi connectivity index (χ4v) is 6.47. The van der Waals surface area contributed by atoms with Crippen molar-refractivity contribution in [3.05, 3.63) is 72.9 Å². The van der Waals surface area contributed by atoms with Gasteiger partial charge in [-0.2, -0.15) is 0 Å². The van der Waals surface area contributed by atoms with Gasteiger partial charge < -0.3 is 27.9 Å². The molecule has 0 aliphatic heterocycles. The molecule has 0 amide bonds. The van der Waals surface area contributed by atoms with E-state index in [9.17, 15) is 14.3 Å². The number of unbranched alkanes of at least 4 members (excludes halogenated alkanes) is 15. The number of phosphoric ester groups is 1. The van der Waals surface area contributed by atoms with Crippen LogP contribution in [0, 0.1) is 0 Å². The minimum Gasteiger partial charge on any atom is -0.756 e. The van der Waals surface area contributed by atoms with Crippen LogP contribution in [0.3, 0.4) is 0 Å². The zero-order chi connectivity index (χ0) is 42.0. The van der Waals surface area contributed by atoms with E-state index in [4.69, 9.17) is 18.5 Å². The third-order valence-corrected chi connectivity index (χ3v) is 10.2. The van der Waals surface area contributed by atoms with E-state index in [1.165, 1.54) is 64.2 Å². The lowest BCUT2D eigenvalue weighted by Gasteiger charge is -2.28. The second kappa shape index (κ2) is 40.7. The summed E-state index contributed by atoms with van der Waals surface area (Å²) in [5.74, 6) is -0.352. The molecule has 57 heavy (non-hydrogen) atoms. The molecule has 0 aromatic carbocycles. The molecule has 0 rings (SSSR count). The van der Waals surface area contributed by atoms with Crippen molar-refractivity contribution < 1.29 is 37.3 Å². The molecule has 2 unspecified atom stereocenters. The number of quaternary nitrogens is 1. The third kappa shape index (κ3) is 44.9. The summed E-state index contributed by atoms with van der Waals surface area (Å²) in [6.45, 7) is 5.20. The van der Waals surface area contributed by atoms with Crippen molar-refractivity contribution in [2.24, 2.45) is 0 Å². The highest BCUT2D eigenvalue weighted by atomic mass is 31.2. The molecule has 0 N–H and O–H groups in total. The zero-order valence-corrected chi connectivity index (χ0v) is 38.2. The number of phosphoric acid groups is 1. The molecule has 0 aliphatic rings. The van der Waals surface area contributed by atoms with Gasteiger partial charge in [0, 0.05) is 13.0 Å². The van der Waals surface area contributed by atoms with Crippen LogP contribution in [-0.4, -0.2) is 70.7 Å². The highest BCUT2D eigenvalue weighted by Crippen LogP contribution is 2.38. The fourth-order valence-electron chi connectivity index (χ4n) is 5.74. The molecule has 0 saturated heterocycles. The van der Waals surface area contributed by atoms with E-state index in [2.05, 4.69) is 86.8 Å². The van der Waals surface area contributed by atoms with Gasteiger partial charge in [0.05, 0.1) is 34.4 Å². The van der Waals surface area contributed by atoms with Crippen LogP contribution < -0.4 is 4.89 Å². The Morgan fingerprint density at radius 2 is 1.02 bits per heavy atom. The van der Waals surface area contributed by atoms with Crippen molar-refractivity contribution in [2.75, 3.05) is 54.1 Å².